The largest absolute Gasteiger partial charge is 0.366 e. The zero-order valence-electron chi connectivity index (χ0n) is 13.5. The topological polar surface area (TPSA) is 44.8 Å². The zero-order chi connectivity index (χ0) is 15.0. The first kappa shape index (κ1) is 15.7. The van der Waals surface area contributed by atoms with Crippen molar-refractivity contribution in [1.82, 2.24) is 15.1 Å². The molecule has 1 unspecified atom stereocenters. The molecule has 0 aliphatic carbocycles. The monoisotopic (exact) mass is 283 g/mol. The number of nitrogens with zero attached hydrogens (tertiary/aromatic N) is 2. The molecule has 0 aromatic carbocycles. The molecule has 2 fully saturated rings. The number of amides is 1. The van der Waals surface area contributed by atoms with Gasteiger partial charge in [0.2, 0.25) is 5.91 Å². The summed E-state index contributed by atoms with van der Waals surface area (Å²) in [5.41, 5.74) is -0.554. The number of carbonyl (C=O) groups excluding carboxylic acids is 1. The molecule has 116 valence electrons. The Morgan fingerprint density at radius 2 is 1.60 bits per heavy atom. The number of hydrogen-bond donors (Lipinski definition) is 1. The minimum atomic E-state index is -0.277. The lowest BCUT2D eigenvalue weighted by molar-refractivity contribution is -0.190. The van der Waals surface area contributed by atoms with Gasteiger partial charge < -0.3 is 15.0 Å². The molecule has 5 nitrogen and oxygen atoms in total. The molecular weight excluding hydrogens is 254 g/mol. The lowest BCUT2D eigenvalue weighted by Gasteiger charge is -2.48. The number of piperazine rings is 1. The Kier molecular flexibility index (Phi) is 4.42. The van der Waals surface area contributed by atoms with E-state index in [2.05, 4.69) is 37.9 Å². The predicted molar refractivity (Wildman–Crippen MR) is 79.7 cm³/mol. The number of carbonyl (C=O) groups is 1. The van der Waals surface area contributed by atoms with Crippen LogP contribution in [0.25, 0.3) is 0 Å². The molecule has 0 aromatic heterocycles. The maximum Gasteiger partial charge on any atom is 0.239 e. The van der Waals surface area contributed by atoms with Gasteiger partial charge in [-0.1, -0.05) is 0 Å². The lowest BCUT2D eigenvalue weighted by Crippen LogP contribution is -2.62. The Labute approximate surface area is 122 Å². The van der Waals surface area contributed by atoms with Gasteiger partial charge in [-0.05, 0) is 34.6 Å². The minimum Gasteiger partial charge on any atom is -0.366 e. The molecule has 2 aliphatic heterocycles. The van der Waals surface area contributed by atoms with Gasteiger partial charge in [0.1, 0.15) is 0 Å². The Morgan fingerprint density at radius 1 is 1.10 bits per heavy atom. The van der Waals surface area contributed by atoms with Gasteiger partial charge >= 0.3 is 0 Å². The van der Waals surface area contributed by atoms with Crippen LogP contribution in [0.5, 0.6) is 0 Å². The molecular formula is C15H29N3O2. The highest BCUT2D eigenvalue weighted by Crippen LogP contribution is 2.28. The minimum absolute atomic E-state index is 0.0400. The van der Waals surface area contributed by atoms with Crippen LogP contribution in [0.15, 0.2) is 0 Å². The van der Waals surface area contributed by atoms with Crippen molar-refractivity contribution in [3.63, 3.8) is 0 Å². The van der Waals surface area contributed by atoms with Gasteiger partial charge in [-0.25, -0.2) is 0 Å². The quantitative estimate of drug-likeness (QED) is 0.810. The van der Waals surface area contributed by atoms with E-state index in [1.165, 1.54) is 0 Å². The van der Waals surface area contributed by atoms with Crippen molar-refractivity contribution in [3.8, 4) is 0 Å². The van der Waals surface area contributed by atoms with Crippen molar-refractivity contribution < 1.29 is 9.53 Å². The summed E-state index contributed by atoms with van der Waals surface area (Å²) < 4.78 is 6.05. The van der Waals surface area contributed by atoms with Crippen LogP contribution in [0.1, 0.15) is 34.6 Å². The standard InChI is InChI=1S/C15H29N3O2/c1-12(17-8-6-16-7-9-17)13(19)18-10-14(2,3)20-15(4,5)11-18/h12,16H,6-11H2,1-5H3. The highest BCUT2D eigenvalue weighted by atomic mass is 16.5. The molecule has 0 bridgehead atoms. The molecule has 2 aliphatic rings. The van der Waals surface area contributed by atoms with Crippen LogP contribution in [0.2, 0.25) is 0 Å². The first-order chi connectivity index (χ1) is 9.20. The number of nitrogens with one attached hydrogen (secondary N) is 1. The van der Waals surface area contributed by atoms with E-state index in [9.17, 15) is 4.79 Å². The molecule has 1 atom stereocenters. The SMILES string of the molecule is CC(C(=O)N1CC(C)(C)OC(C)(C)C1)N1CCNCC1. The Balaban J connectivity index is 2.03. The average Bonchev–Trinajstić information content (AvgIpc) is 2.34. The van der Waals surface area contributed by atoms with Crippen molar-refractivity contribution in [3.05, 3.63) is 0 Å². The molecule has 20 heavy (non-hydrogen) atoms. The van der Waals surface area contributed by atoms with Crippen molar-refractivity contribution in [1.29, 1.82) is 0 Å². The molecule has 0 saturated carbocycles. The average molecular weight is 283 g/mol. The number of morpholine rings is 1. The van der Waals surface area contributed by atoms with Gasteiger partial charge in [0, 0.05) is 39.3 Å². The summed E-state index contributed by atoms with van der Waals surface area (Å²) in [5.74, 6) is 0.233. The fraction of sp³-hybridized carbons (Fsp3) is 0.933. The second-order valence-electron chi connectivity index (χ2n) is 7.28. The smallest absolute Gasteiger partial charge is 0.239 e. The molecule has 2 saturated heterocycles. The number of hydrogen-bond acceptors (Lipinski definition) is 4. The summed E-state index contributed by atoms with van der Waals surface area (Å²) in [7, 11) is 0. The third kappa shape index (κ3) is 3.71. The Hall–Kier alpha value is -0.650. The molecule has 0 spiro atoms. The van der Waals surface area contributed by atoms with Gasteiger partial charge in [-0.15, -0.1) is 0 Å². The highest BCUT2D eigenvalue weighted by molar-refractivity contribution is 5.81. The number of ether oxygens (including phenoxy) is 1. The van der Waals surface area contributed by atoms with Crippen LogP contribution in [0.3, 0.4) is 0 Å². The van der Waals surface area contributed by atoms with Gasteiger partial charge in [0.05, 0.1) is 17.2 Å². The van der Waals surface area contributed by atoms with E-state index in [0.29, 0.717) is 13.1 Å². The maximum atomic E-state index is 12.8. The van der Waals surface area contributed by atoms with E-state index in [0.717, 1.165) is 26.2 Å². The Bertz CT molecular complexity index is 346. The van der Waals surface area contributed by atoms with E-state index in [1.54, 1.807) is 0 Å². The summed E-state index contributed by atoms with van der Waals surface area (Å²) in [6.45, 7) is 15.4. The highest BCUT2D eigenvalue weighted by Gasteiger charge is 2.41. The summed E-state index contributed by atoms with van der Waals surface area (Å²) in [5, 5.41) is 3.33. The summed E-state index contributed by atoms with van der Waals surface area (Å²) in [4.78, 5) is 17.0. The second kappa shape index (κ2) is 5.62. The van der Waals surface area contributed by atoms with Crippen LogP contribution in [-0.2, 0) is 9.53 Å². The van der Waals surface area contributed by atoms with Gasteiger partial charge in [0.25, 0.3) is 0 Å². The summed E-state index contributed by atoms with van der Waals surface area (Å²) >= 11 is 0. The molecule has 0 aromatic rings. The van der Waals surface area contributed by atoms with Crippen molar-refractivity contribution in [2.45, 2.75) is 51.9 Å². The molecule has 2 rings (SSSR count). The summed E-state index contributed by atoms with van der Waals surface area (Å²) in [6, 6.07) is -0.0400. The fourth-order valence-electron chi connectivity index (χ4n) is 3.43. The van der Waals surface area contributed by atoms with Crippen LogP contribution >= 0.6 is 0 Å². The van der Waals surface area contributed by atoms with Gasteiger partial charge in [0.15, 0.2) is 0 Å². The molecule has 5 heteroatoms. The third-order valence-corrected chi connectivity index (χ3v) is 4.06. The first-order valence-electron chi connectivity index (χ1n) is 7.64. The van der Waals surface area contributed by atoms with Crippen LogP contribution < -0.4 is 5.32 Å². The lowest BCUT2D eigenvalue weighted by atomic mass is 9.98. The normalized spacial score (nSPS) is 28.1. The predicted octanol–water partition coefficient (Wildman–Crippen LogP) is 0.696. The second-order valence-corrected chi connectivity index (χ2v) is 7.28. The first-order valence-corrected chi connectivity index (χ1v) is 7.64. The maximum absolute atomic E-state index is 12.8. The summed E-state index contributed by atoms with van der Waals surface area (Å²) in [6.07, 6.45) is 0. The van der Waals surface area contributed by atoms with E-state index in [-0.39, 0.29) is 23.2 Å². The third-order valence-electron chi connectivity index (χ3n) is 4.06. The Morgan fingerprint density at radius 3 is 2.10 bits per heavy atom. The number of rotatable bonds is 2. The van der Waals surface area contributed by atoms with Crippen molar-refractivity contribution in [2.24, 2.45) is 0 Å². The molecule has 0 radical (unpaired) electrons. The van der Waals surface area contributed by atoms with Crippen molar-refractivity contribution >= 4 is 5.91 Å². The van der Waals surface area contributed by atoms with Crippen LogP contribution in [-0.4, -0.2) is 72.2 Å². The fourth-order valence-corrected chi connectivity index (χ4v) is 3.43. The van der Waals surface area contributed by atoms with Gasteiger partial charge in [-0.3, -0.25) is 9.69 Å². The molecule has 1 amide bonds. The zero-order valence-corrected chi connectivity index (χ0v) is 13.5. The van der Waals surface area contributed by atoms with E-state index in [1.807, 2.05) is 11.8 Å². The van der Waals surface area contributed by atoms with E-state index < -0.39 is 0 Å². The van der Waals surface area contributed by atoms with E-state index in [4.69, 9.17) is 4.74 Å². The van der Waals surface area contributed by atoms with Crippen molar-refractivity contribution in [2.75, 3.05) is 39.3 Å². The van der Waals surface area contributed by atoms with Gasteiger partial charge in [-0.2, -0.15) is 0 Å². The van der Waals surface area contributed by atoms with Crippen LogP contribution in [0.4, 0.5) is 0 Å². The van der Waals surface area contributed by atoms with E-state index >= 15 is 0 Å². The molecule has 1 N–H and O–H groups in total. The van der Waals surface area contributed by atoms with Crippen LogP contribution in [0, 0.1) is 0 Å². The molecule has 2 heterocycles.